The number of ketones is 1. The third kappa shape index (κ3) is 5.87. The van der Waals surface area contributed by atoms with Crippen molar-refractivity contribution >= 4 is 40.9 Å². The highest BCUT2D eigenvalue weighted by Gasteiger charge is 2.62. The number of alkyl halides is 2. The summed E-state index contributed by atoms with van der Waals surface area (Å²) in [5.41, 5.74) is -3.90. The SMILES string of the molecule is CC(C)(C)C(=O)C(Cl)C(=O)NC1(C(C)(C)C)C=C(C(=O)Oc2ccccc2)C=C(C(C)(C)C)C1(O)Cl. The van der Waals surface area contributed by atoms with E-state index in [1.165, 1.54) is 12.2 Å². The summed E-state index contributed by atoms with van der Waals surface area (Å²) in [6.45, 7) is 15.8. The number of benzene rings is 1. The smallest absolute Gasteiger partial charge is 0.343 e. The molecule has 0 saturated heterocycles. The molecule has 2 N–H and O–H groups in total. The number of esters is 1. The van der Waals surface area contributed by atoms with Gasteiger partial charge in [0, 0.05) is 5.41 Å². The Morgan fingerprint density at radius 1 is 0.972 bits per heavy atom. The highest BCUT2D eigenvalue weighted by Crippen LogP contribution is 2.53. The average molecular weight is 539 g/mol. The van der Waals surface area contributed by atoms with E-state index in [0.717, 1.165) is 0 Å². The molecule has 1 aromatic carbocycles. The van der Waals surface area contributed by atoms with Gasteiger partial charge in [0.05, 0.1) is 5.57 Å². The number of hydrogen-bond acceptors (Lipinski definition) is 5. The van der Waals surface area contributed by atoms with Crippen LogP contribution >= 0.6 is 23.2 Å². The zero-order valence-electron chi connectivity index (χ0n) is 22.5. The van der Waals surface area contributed by atoms with E-state index < -0.39 is 49.9 Å². The van der Waals surface area contributed by atoms with Crippen LogP contribution in [0, 0.1) is 16.2 Å². The number of nitrogens with one attached hydrogen (secondary N) is 1. The molecule has 1 amide bonds. The molecular weight excluding hydrogens is 501 g/mol. The summed E-state index contributed by atoms with van der Waals surface area (Å²) in [5.74, 6) is -1.67. The first-order valence-electron chi connectivity index (χ1n) is 11.8. The van der Waals surface area contributed by atoms with Crippen molar-refractivity contribution < 1.29 is 24.2 Å². The van der Waals surface area contributed by atoms with E-state index in [0.29, 0.717) is 11.3 Å². The number of carbonyl (C=O) groups excluding carboxylic acids is 3. The first kappa shape index (κ1) is 30.1. The van der Waals surface area contributed by atoms with E-state index in [9.17, 15) is 19.5 Å². The van der Waals surface area contributed by atoms with E-state index in [1.54, 1.807) is 71.9 Å². The van der Waals surface area contributed by atoms with Crippen LogP contribution in [0.3, 0.4) is 0 Å². The van der Waals surface area contributed by atoms with Gasteiger partial charge in [0.25, 0.3) is 0 Å². The number of halogens is 2. The lowest BCUT2D eigenvalue weighted by Gasteiger charge is -2.55. The van der Waals surface area contributed by atoms with Gasteiger partial charge in [0.2, 0.25) is 5.91 Å². The van der Waals surface area contributed by atoms with Crippen molar-refractivity contribution in [1.82, 2.24) is 5.32 Å². The lowest BCUT2D eigenvalue weighted by Crippen LogP contribution is -2.71. The zero-order chi connectivity index (χ0) is 27.9. The molecule has 6 nitrogen and oxygen atoms in total. The maximum atomic E-state index is 13.4. The monoisotopic (exact) mass is 537 g/mol. The Morgan fingerprint density at radius 3 is 1.94 bits per heavy atom. The zero-order valence-corrected chi connectivity index (χ0v) is 24.0. The highest BCUT2D eigenvalue weighted by molar-refractivity contribution is 6.42. The standard InChI is InChI=1S/C28H37Cl2NO5/c1-24(2,3)19-15-17(23(34)36-18-13-11-10-12-14-18)16-27(26(7,8)9,28(19,30)35)31-22(33)20(29)21(32)25(4,5)6/h10-16,20,35H,1-9H3,(H,31,33). The molecule has 1 aliphatic rings. The lowest BCUT2D eigenvalue weighted by molar-refractivity contribution is -0.135. The lowest BCUT2D eigenvalue weighted by atomic mass is 9.61. The van der Waals surface area contributed by atoms with Crippen LogP contribution in [-0.4, -0.2) is 38.7 Å². The van der Waals surface area contributed by atoms with Gasteiger partial charge < -0.3 is 15.2 Å². The summed E-state index contributed by atoms with van der Waals surface area (Å²) >= 11 is 13.2. The minimum atomic E-state index is -2.17. The molecule has 36 heavy (non-hydrogen) atoms. The first-order chi connectivity index (χ1) is 16.1. The molecule has 1 aromatic rings. The highest BCUT2D eigenvalue weighted by atomic mass is 35.5. The van der Waals surface area contributed by atoms with Gasteiger partial charge in [0.15, 0.2) is 16.2 Å². The van der Waals surface area contributed by atoms with Gasteiger partial charge in [0.1, 0.15) is 11.3 Å². The number of amides is 1. The van der Waals surface area contributed by atoms with E-state index >= 15 is 0 Å². The molecule has 0 spiro atoms. The Hall–Kier alpha value is -2.15. The summed E-state index contributed by atoms with van der Waals surface area (Å²) in [6.07, 6.45) is 2.90. The van der Waals surface area contributed by atoms with E-state index in [2.05, 4.69) is 5.32 Å². The van der Waals surface area contributed by atoms with Crippen LogP contribution in [0.2, 0.25) is 0 Å². The fourth-order valence-electron chi connectivity index (χ4n) is 4.10. The molecule has 0 aromatic heterocycles. The fourth-order valence-corrected chi connectivity index (χ4v) is 5.20. The third-order valence-electron chi connectivity index (χ3n) is 6.25. The van der Waals surface area contributed by atoms with E-state index in [1.807, 2.05) is 20.8 Å². The second-order valence-electron chi connectivity index (χ2n) is 12.3. The number of ether oxygens (including phenoxy) is 1. The van der Waals surface area contributed by atoms with Gasteiger partial charge in [-0.05, 0) is 40.7 Å². The summed E-state index contributed by atoms with van der Waals surface area (Å²) in [7, 11) is 0. The Bertz CT molecular complexity index is 1090. The van der Waals surface area contributed by atoms with Crippen LogP contribution < -0.4 is 10.1 Å². The Kier molecular flexibility index (Phi) is 8.32. The third-order valence-corrected chi connectivity index (χ3v) is 7.15. The van der Waals surface area contributed by atoms with Gasteiger partial charge in [-0.2, -0.15) is 0 Å². The first-order valence-corrected chi connectivity index (χ1v) is 12.6. The molecule has 0 heterocycles. The molecular formula is C28H37Cl2NO5. The van der Waals surface area contributed by atoms with Gasteiger partial charge in [-0.15, -0.1) is 11.6 Å². The number of rotatable bonds is 5. The predicted molar refractivity (Wildman–Crippen MR) is 143 cm³/mol. The molecule has 0 saturated carbocycles. The molecule has 3 unspecified atom stereocenters. The summed E-state index contributed by atoms with van der Waals surface area (Å²) < 4.78 is 5.55. The normalized spacial score (nSPS) is 23.8. The van der Waals surface area contributed by atoms with E-state index in [4.69, 9.17) is 27.9 Å². The average Bonchev–Trinajstić information content (AvgIpc) is 2.71. The maximum Gasteiger partial charge on any atom is 0.343 e. The minimum absolute atomic E-state index is 0.0950. The molecule has 1 aliphatic carbocycles. The Morgan fingerprint density at radius 2 is 1.50 bits per heavy atom. The van der Waals surface area contributed by atoms with Gasteiger partial charge >= 0.3 is 5.97 Å². The van der Waals surface area contributed by atoms with Gasteiger partial charge in [-0.3, -0.25) is 9.59 Å². The molecule has 0 radical (unpaired) electrons. The fraction of sp³-hybridized carbons (Fsp3) is 0.536. The second-order valence-corrected chi connectivity index (χ2v) is 13.2. The molecule has 0 bridgehead atoms. The largest absolute Gasteiger partial charge is 0.423 e. The second kappa shape index (κ2) is 9.96. The number of aliphatic hydroxyl groups is 1. The van der Waals surface area contributed by atoms with Crippen LogP contribution in [0.5, 0.6) is 5.75 Å². The van der Waals surface area contributed by atoms with Crippen LogP contribution in [0.25, 0.3) is 0 Å². The van der Waals surface area contributed by atoms with Crippen molar-refractivity contribution in [2.75, 3.05) is 0 Å². The van der Waals surface area contributed by atoms with Crippen molar-refractivity contribution in [2.45, 2.75) is 78.3 Å². The molecule has 2 rings (SSSR count). The van der Waals surface area contributed by atoms with Crippen LogP contribution in [-0.2, 0) is 14.4 Å². The van der Waals surface area contributed by atoms with Crippen LogP contribution in [0.1, 0.15) is 62.3 Å². The molecule has 0 aliphatic heterocycles. The summed E-state index contributed by atoms with van der Waals surface area (Å²) in [5, 5.41) is 11.0. The number of carbonyl (C=O) groups is 3. The van der Waals surface area contributed by atoms with Gasteiger partial charge in [-0.25, -0.2) is 4.79 Å². The molecule has 3 atom stereocenters. The number of Topliss-reactive ketones (excluding diaryl/α,β-unsaturated/α-hetero) is 1. The number of para-hydroxylation sites is 1. The van der Waals surface area contributed by atoms with E-state index in [-0.39, 0.29) is 5.57 Å². The summed E-state index contributed by atoms with van der Waals surface area (Å²) in [4.78, 5) is 39.4. The van der Waals surface area contributed by atoms with Crippen molar-refractivity contribution in [3.05, 3.63) is 53.6 Å². The molecule has 8 heteroatoms. The minimum Gasteiger partial charge on any atom is -0.423 e. The Balaban J connectivity index is 2.71. The van der Waals surface area contributed by atoms with Crippen LogP contribution in [0.15, 0.2) is 53.6 Å². The molecule has 0 fully saturated rings. The van der Waals surface area contributed by atoms with Crippen molar-refractivity contribution in [2.24, 2.45) is 16.2 Å². The quantitative estimate of drug-likeness (QED) is 0.222. The Labute approximate surface area is 224 Å². The predicted octanol–water partition coefficient (Wildman–Crippen LogP) is 5.56. The van der Waals surface area contributed by atoms with Crippen molar-refractivity contribution in [1.29, 1.82) is 0 Å². The summed E-state index contributed by atoms with van der Waals surface area (Å²) in [6, 6.07) is 8.55. The number of hydrogen-bond donors (Lipinski definition) is 2. The van der Waals surface area contributed by atoms with Crippen LogP contribution in [0.4, 0.5) is 0 Å². The topological polar surface area (TPSA) is 92.7 Å². The maximum absolute atomic E-state index is 13.4. The molecule has 198 valence electrons. The van der Waals surface area contributed by atoms with Crippen molar-refractivity contribution in [3.63, 3.8) is 0 Å². The van der Waals surface area contributed by atoms with Crippen molar-refractivity contribution in [3.8, 4) is 5.75 Å². The van der Waals surface area contributed by atoms with Gasteiger partial charge in [-0.1, -0.05) is 92.1 Å².